The van der Waals surface area contributed by atoms with Gasteiger partial charge in [-0.15, -0.1) is 0 Å². The van der Waals surface area contributed by atoms with Crippen molar-refractivity contribution in [2.75, 3.05) is 23.3 Å². The number of amides is 1. The van der Waals surface area contributed by atoms with Crippen molar-refractivity contribution in [3.8, 4) is 16.9 Å². The maximum absolute atomic E-state index is 11.4. The first-order valence-corrected chi connectivity index (χ1v) is 9.26. The molecule has 2 aromatic rings. The van der Waals surface area contributed by atoms with Gasteiger partial charge in [-0.3, -0.25) is 4.79 Å². The van der Waals surface area contributed by atoms with Gasteiger partial charge < -0.3 is 15.3 Å². The minimum absolute atomic E-state index is 0.0170. The van der Waals surface area contributed by atoms with Crippen LogP contribution in [0.15, 0.2) is 36.4 Å². The third-order valence-corrected chi connectivity index (χ3v) is 4.92. The molecule has 2 N–H and O–H groups in total. The smallest absolute Gasteiger partial charge is 0.221 e. The predicted molar refractivity (Wildman–Crippen MR) is 108 cm³/mol. The SMILES string of the molecule is CC(=O)Nc1ccc(O)c(-c2cc(C(C)(C)C)ccc2N2CCCC2)c1. The van der Waals surface area contributed by atoms with Gasteiger partial charge in [-0.25, -0.2) is 0 Å². The second kappa shape index (κ2) is 7.02. The minimum Gasteiger partial charge on any atom is -0.507 e. The van der Waals surface area contributed by atoms with Crippen LogP contribution < -0.4 is 10.2 Å². The molecule has 0 radical (unpaired) electrons. The number of hydrogen-bond donors (Lipinski definition) is 2. The van der Waals surface area contributed by atoms with Crippen molar-refractivity contribution in [3.05, 3.63) is 42.0 Å². The van der Waals surface area contributed by atoms with E-state index in [1.165, 1.54) is 25.3 Å². The van der Waals surface area contributed by atoms with Gasteiger partial charge in [0.1, 0.15) is 5.75 Å². The first kappa shape index (κ1) is 18.3. The summed E-state index contributed by atoms with van der Waals surface area (Å²) in [6.45, 7) is 10.1. The molecule has 1 aliphatic heterocycles. The van der Waals surface area contributed by atoms with E-state index in [4.69, 9.17) is 0 Å². The van der Waals surface area contributed by atoms with E-state index in [1.54, 1.807) is 12.1 Å². The molecule has 0 atom stereocenters. The highest BCUT2D eigenvalue weighted by atomic mass is 16.3. The van der Waals surface area contributed by atoms with Gasteiger partial charge in [-0.1, -0.05) is 26.8 Å². The van der Waals surface area contributed by atoms with Crippen molar-refractivity contribution in [2.45, 2.75) is 46.0 Å². The Bertz CT molecular complexity index is 815. The fourth-order valence-electron chi connectivity index (χ4n) is 3.48. The summed E-state index contributed by atoms with van der Waals surface area (Å²) < 4.78 is 0. The standard InChI is InChI=1S/C22H28N2O2/c1-15(25)23-17-8-10-21(26)19(14-17)18-13-16(22(2,3)4)7-9-20(18)24-11-5-6-12-24/h7-10,13-14,26H,5-6,11-12H2,1-4H3,(H,23,25). The summed E-state index contributed by atoms with van der Waals surface area (Å²) >= 11 is 0. The number of phenols is 1. The van der Waals surface area contributed by atoms with E-state index < -0.39 is 0 Å². The fraction of sp³-hybridized carbons (Fsp3) is 0.409. The van der Waals surface area contributed by atoms with Crippen molar-refractivity contribution < 1.29 is 9.90 Å². The first-order valence-electron chi connectivity index (χ1n) is 9.26. The molecule has 0 bridgehead atoms. The minimum atomic E-state index is -0.121. The van der Waals surface area contributed by atoms with Gasteiger partial charge in [0, 0.05) is 42.5 Å². The van der Waals surface area contributed by atoms with E-state index >= 15 is 0 Å². The van der Waals surface area contributed by atoms with E-state index in [0.717, 1.165) is 29.9 Å². The lowest BCUT2D eigenvalue weighted by Crippen LogP contribution is -2.19. The van der Waals surface area contributed by atoms with Gasteiger partial charge in [0.2, 0.25) is 5.91 Å². The second-order valence-electron chi connectivity index (χ2n) is 8.09. The summed E-state index contributed by atoms with van der Waals surface area (Å²) in [7, 11) is 0. The molecule has 2 aromatic carbocycles. The van der Waals surface area contributed by atoms with Gasteiger partial charge in [0.15, 0.2) is 0 Å². The van der Waals surface area contributed by atoms with Crippen LogP contribution in [0.3, 0.4) is 0 Å². The highest BCUT2D eigenvalue weighted by Gasteiger charge is 2.22. The topological polar surface area (TPSA) is 52.6 Å². The maximum Gasteiger partial charge on any atom is 0.221 e. The van der Waals surface area contributed by atoms with Crippen molar-refractivity contribution in [1.82, 2.24) is 0 Å². The Morgan fingerprint density at radius 1 is 1.04 bits per heavy atom. The zero-order valence-electron chi connectivity index (χ0n) is 16.1. The average Bonchev–Trinajstić information content (AvgIpc) is 3.09. The van der Waals surface area contributed by atoms with Crippen LogP contribution in [0.4, 0.5) is 11.4 Å². The molecule has 0 spiro atoms. The van der Waals surface area contributed by atoms with Gasteiger partial charge in [0.05, 0.1) is 0 Å². The van der Waals surface area contributed by atoms with Gasteiger partial charge in [-0.05, 0) is 54.2 Å². The highest BCUT2D eigenvalue weighted by molar-refractivity contribution is 5.91. The fourth-order valence-corrected chi connectivity index (χ4v) is 3.48. The molecule has 0 aliphatic carbocycles. The van der Waals surface area contributed by atoms with Crippen LogP contribution in [0.2, 0.25) is 0 Å². The molecule has 1 amide bonds. The number of rotatable bonds is 3. The Morgan fingerprint density at radius 2 is 1.73 bits per heavy atom. The van der Waals surface area contributed by atoms with Crippen molar-refractivity contribution in [2.24, 2.45) is 0 Å². The molecular formula is C22H28N2O2. The van der Waals surface area contributed by atoms with Crippen molar-refractivity contribution in [1.29, 1.82) is 0 Å². The lowest BCUT2D eigenvalue weighted by atomic mass is 9.84. The summed E-state index contributed by atoms with van der Waals surface area (Å²) in [5, 5.41) is 13.4. The quantitative estimate of drug-likeness (QED) is 0.771. The Balaban J connectivity index is 2.16. The molecule has 1 saturated heterocycles. The summed E-state index contributed by atoms with van der Waals surface area (Å²) in [5.41, 5.74) is 4.85. The summed E-state index contributed by atoms with van der Waals surface area (Å²) in [5.74, 6) is 0.107. The Kier molecular flexibility index (Phi) is 4.94. The van der Waals surface area contributed by atoms with E-state index in [-0.39, 0.29) is 17.1 Å². The number of aromatic hydroxyl groups is 1. The first-order chi connectivity index (χ1) is 12.3. The largest absolute Gasteiger partial charge is 0.507 e. The van der Waals surface area contributed by atoms with E-state index in [9.17, 15) is 9.90 Å². The van der Waals surface area contributed by atoms with Crippen LogP contribution >= 0.6 is 0 Å². The van der Waals surface area contributed by atoms with Crippen LogP contribution in [0, 0.1) is 0 Å². The lowest BCUT2D eigenvalue weighted by molar-refractivity contribution is -0.114. The number of benzene rings is 2. The number of nitrogens with one attached hydrogen (secondary N) is 1. The lowest BCUT2D eigenvalue weighted by Gasteiger charge is -2.26. The molecule has 1 fully saturated rings. The number of carbonyl (C=O) groups excluding carboxylic acids is 1. The normalized spacial score (nSPS) is 14.5. The predicted octanol–water partition coefficient (Wildman–Crippen LogP) is 4.92. The van der Waals surface area contributed by atoms with E-state index in [1.807, 2.05) is 6.07 Å². The van der Waals surface area contributed by atoms with Crippen LogP contribution in [-0.4, -0.2) is 24.1 Å². The third-order valence-electron chi connectivity index (χ3n) is 4.92. The number of nitrogens with zero attached hydrogens (tertiary/aromatic N) is 1. The summed E-state index contributed by atoms with van der Waals surface area (Å²) in [6.07, 6.45) is 2.39. The molecule has 3 rings (SSSR count). The molecule has 138 valence electrons. The molecule has 26 heavy (non-hydrogen) atoms. The third kappa shape index (κ3) is 3.85. The molecule has 4 nitrogen and oxygen atoms in total. The summed E-state index contributed by atoms with van der Waals surface area (Å²) in [6, 6.07) is 11.8. The average molecular weight is 352 g/mol. The molecule has 1 heterocycles. The monoisotopic (exact) mass is 352 g/mol. The highest BCUT2D eigenvalue weighted by Crippen LogP contribution is 2.41. The van der Waals surface area contributed by atoms with Crippen molar-refractivity contribution in [3.63, 3.8) is 0 Å². The Labute approximate surface area is 155 Å². The molecule has 1 aliphatic rings. The number of phenolic OH excluding ortho intramolecular Hbond substituents is 1. The number of hydrogen-bond acceptors (Lipinski definition) is 3. The molecule has 4 heteroatoms. The van der Waals surface area contributed by atoms with Crippen LogP contribution in [0.5, 0.6) is 5.75 Å². The molecule has 0 saturated carbocycles. The number of anilines is 2. The Morgan fingerprint density at radius 3 is 2.35 bits per heavy atom. The zero-order valence-corrected chi connectivity index (χ0v) is 16.1. The van der Waals surface area contributed by atoms with Crippen LogP contribution in [-0.2, 0) is 10.2 Å². The maximum atomic E-state index is 11.4. The van der Waals surface area contributed by atoms with Crippen LogP contribution in [0.25, 0.3) is 11.1 Å². The second-order valence-corrected chi connectivity index (χ2v) is 8.09. The van der Waals surface area contributed by atoms with E-state index in [2.05, 4.69) is 49.2 Å². The molecule has 0 aromatic heterocycles. The summed E-state index contributed by atoms with van der Waals surface area (Å²) in [4.78, 5) is 13.8. The number of carbonyl (C=O) groups is 1. The molecular weight excluding hydrogens is 324 g/mol. The van der Waals surface area contributed by atoms with Gasteiger partial charge in [0.25, 0.3) is 0 Å². The Hall–Kier alpha value is -2.49. The molecule has 0 unspecified atom stereocenters. The van der Waals surface area contributed by atoms with Crippen LogP contribution in [0.1, 0.15) is 46.1 Å². The van der Waals surface area contributed by atoms with Gasteiger partial charge >= 0.3 is 0 Å². The van der Waals surface area contributed by atoms with Crippen molar-refractivity contribution >= 4 is 17.3 Å². The van der Waals surface area contributed by atoms with E-state index in [0.29, 0.717) is 5.69 Å². The zero-order chi connectivity index (χ0) is 18.9. The van der Waals surface area contributed by atoms with Gasteiger partial charge in [-0.2, -0.15) is 0 Å².